The van der Waals surface area contributed by atoms with Crippen molar-refractivity contribution in [1.82, 2.24) is 5.32 Å². The van der Waals surface area contributed by atoms with Crippen molar-refractivity contribution >= 4 is 11.9 Å². The molecule has 0 bridgehead atoms. The zero-order chi connectivity index (χ0) is 15.1. The fourth-order valence-corrected chi connectivity index (χ4v) is 1.69. The highest BCUT2D eigenvalue weighted by atomic mass is 16.5. The molecule has 5 nitrogen and oxygen atoms in total. The van der Waals surface area contributed by atoms with Crippen LogP contribution in [0.5, 0.6) is 5.75 Å². The number of carbonyl (C=O) groups excluding carboxylic acids is 2. The minimum absolute atomic E-state index is 0.0296. The Hall–Kier alpha value is -2.82. The van der Waals surface area contributed by atoms with Gasteiger partial charge in [-0.1, -0.05) is 36.4 Å². The van der Waals surface area contributed by atoms with Crippen LogP contribution in [0.3, 0.4) is 0 Å². The molecule has 1 amide bonds. The van der Waals surface area contributed by atoms with E-state index in [0.29, 0.717) is 6.54 Å². The maximum atomic E-state index is 11.7. The van der Waals surface area contributed by atoms with E-state index in [1.807, 2.05) is 30.3 Å². The average molecular weight is 285 g/mol. The first kappa shape index (κ1) is 14.6. The maximum Gasteiger partial charge on any atom is 0.338 e. The van der Waals surface area contributed by atoms with E-state index in [9.17, 15) is 14.7 Å². The van der Waals surface area contributed by atoms with Crippen LogP contribution in [0, 0.1) is 0 Å². The summed E-state index contributed by atoms with van der Waals surface area (Å²) in [5.74, 6) is -1.06. The van der Waals surface area contributed by atoms with E-state index >= 15 is 0 Å². The Kier molecular flexibility index (Phi) is 4.93. The lowest BCUT2D eigenvalue weighted by Crippen LogP contribution is -2.28. The van der Waals surface area contributed by atoms with Gasteiger partial charge in [0.15, 0.2) is 6.61 Å². The van der Waals surface area contributed by atoms with Crippen LogP contribution >= 0.6 is 0 Å². The van der Waals surface area contributed by atoms with Gasteiger partial charge < -0.3 is 15.2 Å². The van der Waals surface area contributed by atoms with E-state index in [4.69, 9.17) is 4.74 Å². The van der Waals surface area contributed by atoms with Gasteiger partial charge in [0.1, 0.15) is 5.75 Å². The number of phenolic OH excluding ortho intramolecular Hbond substituents is 1. The summed E-state index contributed by atoms with van der Waals surface area (Å²) in [4.78, 5) is 23.2. The number of hydrogen-bond acceptors (Lipinski definition) is 4. The summed E-state index contributed by atoms with van der Waals surface area (Å²) in [6.07, 6.45) is 0. The number of aromatic hydroxyl groups is 1. The van der Waals surface area contributed by atoms with E-state index < -0.39 is 5.97 Å². The van der Waals surface area contributed by atoms with Crippen molar-refractivity contribution in [1.29, 1.82) is 0 Å². The molecule has 0 saturated carbocycles. The van der Waals surface area contributed by atoms with Crippen molar-refractivity contribution in [3.05, 3.63) is 65.7 Å². The molecule has 108 valence electrons. The molecule has 0 aromatic heterocycles. The molecule has 21 heavy (non-hydrogen) atoms. The summed E-state index contributed by atoms with van der Waals surface area (Å²) in [5, 5.41) is 11.9. The lowest BCUT2D eigenvalue weighted by Gasteiger charge is -2.07. The van der Waals surface area contributed by atoms with Crippen LogP contribution in [0.25, 0.3) is 0 Å². The zero-order valence-corrected chi connectivity index (χ0v) is 11.3. The fourth-order valence-electron chi connectivity index (χ4n) is 1.69. The Morgan fingerprint density at radius 3 is 2.52 bits per heavy atom. The highest BCUT2D eigenvalue weighted by molar-refractivity contribution is 5.91. The smallest absolute Gasteiger partial charge is 0.338 e. The number of ether oxygens (including phenoxy) is 1. The minimum Gasteiger partial charge on any atom is -0.508 e. The van der Waals surface area contributed by atoms with E-state index in [0.717, 1.165) is 5.56 Å². The van der Waals surface area contributed by atoms with Gasteiger partial charge in [-0.15, -0.1) is 0 Å². The second-order valence-corrected chi connectivity index (χ2v) is 4.39. The SMILES string of the molecule is O=C(COC(=O)c1cccc(O)c1)NCc1ccccc1. The summed E-state index contributed by atoms with van der Waals surface area (Å²) in [6, 6.07) is 15.2. The Balaban J connectivity index is 1.77. The zero-order valence-electron chi connectivity index (χ0n) is 11.3. The van der Waals surface area contributed by atoms with Crippen molar-refractivity contribution in [3.63, 3.8) is 0 Å². The van der Waals surface area contributed by atoms with E-state index in [1.165, 1.54) is 24.3 Å². The summed E-state index contributed by atoms with van der Waals surface area (Å²) in [5.41, 5.74) is 1.16. The predicted molar refractivity (Wildman–Crippen MR) is 76.7 cm³/mol. The Labute approximate surface area is 122 Å². The molecule has 0 radical (unpaired) electrons. The van der Waals surface area contributed by atoms with Crippen LogP contribution in [0.4, 0.5) is 0 Å². The molecular formula is C16H15NO4. The number of rotatable bonds is 5. The molecular weight excluding hydrogens is 270 g/mol. The third-order valence-electron chi connectivity index (χ3n) is 2.75. The summed E-state index contributed by atoms with van der Waals surface area (Å²) < 4.78 is 4.87. The highest BCUT2D eigenvalue weighted by Gasteiger charge is 2.10. The number of benzene rings is 2. The predicted octanol–water partition coefficient (Wildman–Crippen LogP) is 1.87. The van der Waals surface area contributed by atoms with Gasteiger partial charge in [0.2, 0.25) is 0 Å². The lowest BCUT2D eigenvalue weighted by molar-refractivity contribution is -0.124. The van der Waals surface area contributed by atoms with Crippen LogP contribution < -0.4 is 5.32 Å². The molecule has 2 rings (SSSR count). The maximum absolute atomic E-state index is 11.7. The Bertz CT molecular complexity index is 625. The molecule has 2 aromatic carbocycles. The van der Waals surface area contributed by atoms with Gasteiger partial charge in [-0.3, -0.25) is 4.79 Å². The third-order valence-corrected chi connectivity index (χ3v) is 2.75. The second kappa shape index (κ2) is 7.09. The Morgan fingerprint density at radius 2 is 1.81 bits per heavy atom. The summed E-state index contributed by atoms with van der Waals surface area (Å²) in [6.45, 7) is 0.0185. The highest BCUT2D eigenvalue weighted by Crippen LogP contribution is 2.11. The molecule has 0 spiro atoms. The third kappa shape index (κ3) is 4.65. The molecule has 0 heterocycles. The molecule has 0 saturated heterocycles. The van der Waals surface area contributed by atoms with Crippen LogP contribution in [-0.2, 0) is 16.1 Å². The standard InChI is InChI=1S/C16H15NO4/c18-14-8-4-7-13(9-14)16(20)21-11-15(19)17-10-12-5-2-1-3-6-12/h1-9,18H,10-11H2,(H,17,19). The molecule has 0 unspecified atom stereocenters. The van der Waals surface area contributed by atoms with Crippen molar-refractivity contribution in [2.75, 3.05) is 6.61 Å². The minimum atomic E-state index is -0.652. The number of carbonyl (C=O) groups is 2. The first-order valence-corrected chi connectivity index (χ1v) is 6.42. The quantitative estimate of drug-likeness (QED) is 0.822. The van der Waals surface area contributed by atoms with Gasteiger partial charge in [-0.05, 0) is 23.8 Å². The normalized spacial score (nSPS) is 9.90. The van der Waals surface area contributed by atoms with E-state index in [2.05, 4.69) is 5.32 Å². The largest absolute Gasteiger partial charge is 0.508 e. The van der Waals surface area contributed by atoms with Crippen LogP contribution in [0.1, 0.15) is 15.9 Å². The fraction of sp³-hybridized carbons (Fsp3) is 0.125. The van der Waals surface area contributed by atoms with Gasteiger partial charge in [0, 0.05) is 6.54 Å². The van der Waals surface area contributed by atoms with Crippen LogP contribution in [0.15, 0.2) is 54.6 Å². The second-order valence-electron chi connectivity index (χ2n) is 4.39. The van der Waals surface area contributed by atoms with Gasteiger partial charge in [-0.2, -0.15) is 0 Å². The summed E-state index contributed by atoms with van der Waals surface area (Å²) >= 11 is 0. The molecule has 0 atom stereocenters. The molecule has 0 aliphatic heterocycles. The van der Waals surface area contributed by atoms with Gasteiger partial charge in [0.25, 0.3) is 5.91 Å². The van der Waals surface area contributed by atoms with Crippen molar-refractivity contribution in [2.45, 2.75) is 6.54 Å². The van der Waals surface area contributed by atoms with Crippen molar-refractivity contribution in [3.8, 4) is 5.75 Å². The first-order valence-electron chi connectivity index (χ1n) is 6.42. The molecule has 2 N–H and O–H groups in total. The Morgan fingerprint density at radius 1 is 1.05 bits per heavy atom. The molecule has 0 aliphatic carbocycles. The summed E-state index contributed by atoms with van der Waals surface area (Å²) in [7, 11) is 0. The number of phenols is 1. The van der Waals surface area contributed by atoms with Gasteiger partial charge in [-0.25, -0.2) is 4.79 Å². The number of amides is 1. The number of esters is 1. The van der Waals surface area contributed by atoms with Crippen LogP contribution in [-0.4, -0.2) is 23.6 Å². The van der Waals surface area contributed by atoms with Crippen molar-refractivity contribution < 1.29 is 19.4 Å². The monoisotopic (exact) mass is 285 g/mol. The number of hydrogen-bond donors (Lipinski definition) is 2. The molecule has 0 aliphatic rings. The van der Waals surface area contributed by atoms with Gasteiger partial charge >= 0.3 is 5.97 Å². The van der Waals surface area contributed by atoms with Crippen molar-refractivity contribution in [2.24, 2.45) is 0 Å². The van der Waals surface area contributed by atoms with E-state index in [-0.39, 0.29) is 23.8 Å². The molecule has 2 aromatic rings. The average Bonchev–Trinajstić information content (AvgIpc) is 2.51. The van der Waals surface area contributed by atoms with Gasteiger partial charge in [0.05, 0.1) is 5.56 Å². The van der Waals surface area contributed by atoms with E-state index in [1.54, 1.807) is 0 Å². The topological polar surface area (TPSA) is 75.6 Å². The molecule has 5 heteroatoms. The number of nitrogens with one attached hydrogen (secondary N) is 1. The van der Waals surface area contributed by atoms with Crippen LogP contribution in [0.2, 0.25) is 0 Å². The lowest BCUT2D eigenvalue weighted by atomic mass is 10.2. The first-order chi connectivity index (χ1) is 10.1. The molecule has 0 fully saturated rings.